The highest BCUT2D eigenvalue weighted by Gasteiger charge is 2.28. The van der Waals surface area contributed by atoms with Crippen molar-refractivity contribution >= 4 is 5.91 Å². The summed E-state index contributed by atoms with van der Waals surface area (Å²) in [6.07, 6.45) is 1.65. The highest BCUT2D eigenvalue weighted by Crippen LogP contribution is 2.26. The number of hydrogen-bond donors (Lipinski definition) is 1. The Labute approximate surface area is 159 Å². The van der Waals surface area contributed by atoms with Gasteiger partial charge in [0.15, 0.2) is 0 Å². The third kappa shape index (κ3) is 4.96. The van der Waals surface area contributed by atoms with Gasteiger partial charge >= 0.3 is 0 Å². The van der Waals surface area contributed by atoms with Gasteiger partial charge in [-0.3, -0.25) is 9.69 Å². The lowest BCUT2D eigenvalue weighted by atomic mass is 9.87. The predicted octanol–water partition coefficient (Wildman–Crippen LogP) is 3.35. The minimum Gasteiger partial charge on any atom is -0.468 e. The molecule has 1 aromatic carbocycles. The zero-order chi connectivity index (χ0) is 19.2. The molecule has 6 heteroatoms. The van der Waals surface area contributed by atoms with Gasteiger partial charge in [0.05, 0.1) is 31.4 Å². The van der Waals surface area contributed by atoms with Crippen molar-refractivity contribution in [3.05, 3.63) is 59.8 Å². The summed E-state index contributed by atoms with van der Waals surface area (Å²) in [6.45, 7) is 7.40. The van der Waals surface area contributed by atoms with Crippen molar-refractivity contribution in [2.75, 3.05) is 32.8 Å². The van der Waals surface area contributed by atoms with Gasteiger partial charge in [0, 0.05) is 19.6 Å². The molecule has 27 heavy (non-hydrogen) atoms. The van der Waals surface area contributed by atoms with Crippen LogP contribution in [0.5, 0.6) is 0 Å². The summed E-state index contributed by atoms with van der Waals surface area (Å²) in [5.74, 6) is 0.252. The van der Waals surface area contributed by atoms with Crippen LogP contribution in [0.3, 0.4) is 0 Å². The lowest BCUT2D eigenvalue weighted by Crippen LogP contribution is -2.44. The molecule has 5 nitrogen and oxygen atoms in total. The minimum absolute atomic E-state index is 0.0334. The summed E-state index contributed by atoms with van der Waals surface area (Å²) >= 11 is 0. The Kier molecular flexibility index (Phi) is 6.63. The van der Waals surface area contributed by atoms with E-state index in [0.29, 0.717) is 19.8 Å². The fourth-order valence-electron chi connectivity index (χ4n) is 3.60. The quantitative estimate of drug-likeness (QED) is 0.808. The number of halogens is 1. The average Bonchev–Trinajstić information content (AvgIpc) is 3.19. The van der Waals surface area contributed by atoms with Crippen molar-refractivity contribution in [2.24, 2.45) is 5.92 Å². The van der Waals surface area contributed by atoms with Crippen molar-refractivity contribution in [1.82, 2.24) is 10.2 Å². The van der Waals surface area contributed by atoms with Gasteiger partial charge in [-0.05, 0) is 35.7 Å². The second-order valence-corrected chi connectivity index (χ2v) is 7.20. The zero-order valence-corrected chi connectivity index (χ0v) is 15.9. The molecule has 146 valence electrons. The highest BCUT2D eigenvalue weighted by molar-refractivity contribution is 5.84. The molecule has 0 radical (unpaired) electrons. The maximum absolute atomic E-state index is 13.2. The first-order valence-corrected chi connectivity index (χ1v) is 9.44. The van der Waals surface area contributed by atoms with Gasteiger partial charge in [-0.2, -0.15) is 0 Å². The van der Waals surface area contributed by atoms with E-state index in [-0.39, 0.29) is 29.6 Å². The fourth-order valence-corrected chi connectivity index (χ4v) is 3.60. The Morgan fingerprint density at radius 2 is 1.89 bits per heavy atom. The molecule has 1 aliphatic rings. The van der Waals surface area contributed by atoms with E-state index in [0.717, 1.165) is 24.4 Å². The molecule has 1 aromatic heterocycles. The first-order valence-electron chi connectivity index (χ1n) is 9.44. The third-order valence-electron chi connectivity index (χ3n) is 5.01. The van der Waals surface area contributed by atoms with E-state index in [9.17, 15) is 9.18 Å². The molecular formula is C21H27FN2O3. The fraction of sp³-hybridized carbons (Fsp3) is 0.476. The van der Waals surface area contributed by atoms with Gasteiger partial charge in [-0.25, -0.2) is 4.39 Å². The van der Waals surface area contributed by atoms with Crippen molar-refractivity contribution in [3.63, 3.8) is 0 Å². The van der Waals surface area contributed by atoms with E-state index in [1.54, 1.807) is 18.4 Å². The number of morpholine rings is 1. The second kappa shape index (κ2) is 9.15. The number of benzene rings is 1. The first-order chi connectivity index (χ1) is 13.1. The molecule has 1 amide bonds. The summed E-state index contributed by atoms with van der Waals surface area (Å²) in [6, 6.07) is 9.94. The summed E-state index contributed by atoms with van der Waals surface area (Å²) in [5, 5.41) is 3.09. The molecule has 0 spiro atoms. The van der Waals surface area contributed by atoms with Crippen LogP contribution < -0.4 is 5.32 Å². The molecule has 1 saturated heterocycles. The monoisotopic (exact) mass is 374 g/mol. The molecule has 2 atom stereocenters. The topological polar surface area (TPSA) is 54.7 Å². The molecule has 0 saturated carbocycles. The van der Waals surface area contributed by atoms with Crippen molar-refractivity contribution in [3.8, 4) is 0 Å². The van der Waals surface area contributed by atoms with Gasteiger partial charge in [0.1, 0.15) is 11.6 Å². The van der Waals surface area contributed by atoms with Crippen molar-refractivity contribution < 1.29 is 18.3 Å². The molecule has 1 fully saturated rings. The standard InChI is InChI=1S/C21H27FN2O3/c1-15(2)20(16-5-7-17(22)8-6-16)21(25)23-14-18(19-4-3-11-27-19)24-9-12-26-13-10-24/h3-8,11,15,18,20H,9-10,12-14H2,1-2H3,(H,23,25). The molecular weight excluding hydrogens is 347 g/mol. The van der Waals surface area contributed by atoms with Gasteiger partial charge in [0.25, 0.3) is 0 Å². The van der Waals surface area contributed by atoms with Gasteiger partial charge in [0.2, 0.25) is 5.91 Å². The number of carbonyl (C=O) groups excluding carboxylic acids is 1. The number of furan rings is 1. The van der Waals surface area contributed by atoms with Crippen LogP contribution >= 0.6 is 0 Å². The van der Waals surface area contributed by atoms with Gasteiger partial charge in [-0.15, -0.1) is 0 Å². The van der Waals surface area contributed by atoms with Crippen LogP contribution in [0.2, 0.25) is 0 Å². The maximum atomic E-state index is 13.2. The number of nitrogens with zero attached hydrogens (tertiary/aromatic N) is 1. The number of ether oxygens (including phenoxy) is 1. The SMILES string of the molecule is CC(C)C(C(=O)NCC(c1ccco1)N1CCOCC1)c1ccc(F)cc1. The largest absolute Gasteiger partial charge is 0.468 e. The van der Waals surface area contributed by atoms with E-state index in [1.807, 2.05) is 26.0 Å². The van der Waals surface area contributed by atoms with E-state index < -0.39 is 0 Å². The molecule has 3 rings (SSSR count). The Balaban J connectivity index is 1.71. The number of hydrogen-bond acceptors (Lipinski definition) is 4. The number of carbonyl (C=O) groups is 1. The molecule has 1 aliphatic heterocycles. The van der Waals surface area contributed by atoms with Crippen molar-refractivity contribution in [1.29, 1.82) is 0 Å². The predicted molar refractivity (Wildman–Crippen MR) is 101 cm³/mol. The molecule has 0 aliphatic carbocycles. The van der Waals surface area contributed by atoms with Crippen LogP contribution in [-0.4, -0.2) is 43.7 Å². The van der Waals surface area contributed by atoms with Crippen LogP contribution in [0.15, 0.2) is 47.1 Å². The Morgan fingerprint density at radius 1 is 1.19 bits per heavy atom. The third-order valence-corrected chi connectivity index (χ3v) is 5.01. The normalized spacial score (nSPS) is 17.6. The van der Waals surface area contributed by atoms with E-state index in [1.165, 1.54) is 12.1 Å². The van der Waals surface area contributed by atoms with Gasteiger partial charge < -0.3 is 14.5 Å². The Hall–Kier alpha value is -2.18. The summed E-state index contributed by atoms with van der Waals surface area (Å²) in [5.41, 5.74) is 0.824. The lowest BCUT2D eigenvalue weighted by Gasteiger charge is -2.33. The Bertz CT molecular complexity index is 710. The molecule has 1 N–H and O–H groups in total. The molecule has 0 bridgehead atoms. The number of amides is 1. The van der Waals surface area contributed by atoms with Crippen LogP contribution in [0.1, 0.15) is 37.1 Å². The van der Waals surface area contributed by atoms with Crippen LogP contribution in [0.25, 0.3) is 0 Å². The molecule has 2 heterocycles. The summed E-state index contributed by atoms with van der Waals surface area (Å²) in [7, 11) is 0. The van der Waals surface area contributed by atoms with Crippen molar-refractivity contribution in [2.45, 2.75) is 25.8 Å². The Morgan fingerprint density at radius 3 is 2.48 bits per heavy atom. The molecule has 2 unspecified atom stereocenters. The lowest BCUT2D eigenvalue weighted by molar-refractivity contribution is -0.123. The minimum atomic E-state index is -0.326. The van der Waals surface area contributed by atoms with Crippen LogP contribution in [0.4, 0.5) is 4.39 Å². The average molecular weight is 374 g/mol. The first kappa shape index (κ1) is 19.6. The smallest absolute Gasteiger partial charge is 0.227 e. The number of rotatable bonds is 7. The van der Waals surface area contributed by atoms with E-state index >= 15 is 0 Å². The van der Waals surface area contributed by atoms with E-state index in [2.05, 4.69) is 10.2 Å². The maximum Gasteiger partial charge on any atom is 0.227 e. The summed E-state index contributed by atoms with van der Waals surface area (Å²) in [4.78, 5) is 15.2. The second-order valence-electron chi connectivity index (χ2n) is 7.20. The number of nitrogens with one attached hydrogen (secondary N) is 1. The zero-order valence-electron chi connectivity index (χ0n) is 15.9. The highest BCUT2D eigenvalue weighted by atomic mass is 19.1. The van der Waals surface area contributed by atoms with Crippen LogP contribution in [-0.2, 0) is 9.53 Å². The summed E-state index contributed by atoms with van der Waals surface area (Å²) < 4.78 is 24.3. The van der Waals surface area contributed by atoms with Gasteiger partial charge in [-0.1, -0.05) is 26.0 Å². The van der Waals surface area contributed by atoms with Crippen LogP contribution in [0, 0.1) is 11.7 Å². The molecule has 2 aromatic rings. The van der Waals surface area contributed by atoms with E-state index in [4.69, 9.17) is 9.15 Å².